The molecule has 0 atom stereocenters. The van der Waals surface area contributed by atoms with Crippen molar-refractivity contribution in [2.24, 2.45) is 0 Å². The van der Waals surface area contributed by atoms with E-state index < -0.39 is 0 Å². The molecule has 0 saturated carbocycles. The van der Waals surface area contributed by atoms with Crippen LogP contribution in [0.4, 0.5) is 0 Å². The molecular formula is C10H14O. The SMILES string of the molecule is CC/C=C/c1cc(C)oc1C. The first-order chi connectivity index (χ1) is 5.24. The first-order valence-corrected chi connectivity index (χ1v) is 3.97. The van der Waals surface area contributed by atoms with Crippen LogP contribution in [0.1, 0.15) is 30.4 Å². The quantitative estimate of drug-likeness (QED) is 0.630. The zero-order valence-electron chi connectivity index (χ0n) is 7.35. The first kappa shape index (κ1) is 8.12. The predicted octanol–water partition coefficient (Wildman–Crippen LogP) is 3.32. The molecule has 1 aromatic rings. The van der Waals surface area contributed by atoms with Gasteiger partial charge in [0.15, 0.2) is 0 Å². The lowest BCUT2D eigenvalue weighted by atomic mass is 10.2. The van der Waals surface area contributed by atoms with E-state index in [4.69, 9.17) is 4.42 Å². The summed E-state index contributed by atoms with van der Waals surface area (Å²) in [5.41, 5.74) is 1.20. The molecule has 0 amide bonds. The van der Waals surface area contributed by atoms with Gasteiger partial charge in [-0.3, -0.25) is 0 Å². The van der Waals surface area contributed by atoms with Gasteiger partial charge in [-0.2, -0.15) is 0 Å². The van der Waals surface area contributed by atoms with E-state index in [9.17, 15) is 0 Å². The standard InChI is InChI=1S/C10H14O/c1-4-5-6-10-7-8(2)11-9(10)3/h5-7H,4H2,1-3H3/b6-5+. The van der Waals surface area contributed by atoms with Crippen LogP contribution in [0.2, 0.25) is 0 Å². The topological polar surface area (TPSA) is 13.1 Å². The average Bonchev–Trinajstić information content (AvgIpc) is 2.26. The highest BCUT2D eigenvalue weighted by Gasteiger charge is 1.98. The smallest absolute Gasteiger partial charge is 0.108 e. The third kappa shape index (κ3) is 1.97. The van der Waals surface area contributed by atoms with Crippen LogP contribution in [0.25, 0.3) is 6.08 Å². The molecule has 0 aliphatic rings. The van der Waals surface area contributed by atoms with Gasteiger partial charge in [0.2, 0.25) is 0 Å². The summed E-state index contributed by atoms with van der Waals surface area (Å²) in [6.45, 7) is 6.08. The number of allylic oxidation sites excluding steroid dienone is 1. The van der Waals surface area contributed by atoms with Crippen molar-refractivity contribution in [2.45, 2.75) is 27.2 Å². The average molecular weight is 150 g/mol. The maximum Gasteiger partial charge on any atom is 0.108 e. The van der Waals surface area contributed by atoms with Crippen molar-refractivity contribution in [1.82, 2.24) is 0 Å². The van der Waals surface area contributed by atoms with Crippen LogP contribution < -0.4 is 0 Å². The first-order valence-electron chi connectivity index (χ1n) is 3.97. The minimum atomic E-state index is 0.984. The second-order valence-electron chi connectivity index (χ2n) is 2.68. The summed E-state index contributed by atoms with van der Waals surface area (Å²) in [5, 5.41) is 0. The molecule has 1 heterocycles. The van der Waals surface area contributed by atoms with Crippen LogP contribution in [-0.2, 0) is 0 Å². The summed E-state index contributed by atoms with van der Waals surface area (Å²) in [4.78, 5) is 0. The van der Waals surface area contributed by atoms with Gasteiger partial charge in [0.05, 0.1) is 0 Å². The minimum Gasteiger partial charge on any atom is -0.466 e. The maximum absolute atomic E-state index is 5.36. The largest absolute Gasteiger partial charge is 0.466 e. The van der Waals surface area contributed by atoms with Crippen LogP contribution in [0, 0.1) is 13.8 Å². The normalized spacial score (nSPS) is 11.2. The number of rotatable bonds is 2. The number of furan rings is 1. The second-order valence-corrected chi connectivity index (χ2v) is 2.68. The van der Waals surface area contributed by atoms with Gasteiger partial charge in [-0.1, -0.05) is 19.1 Å². The minimum absolute atomic E-state index is 0.984. The molecule has 0 aromatic carbocycles. The third-order valence-corrected chi connectivity index (χ3v) is 1.61. The van der Waals surface area contributed by atoms with Crippen molar-refractivity contribution in [3.8, 4) is 0 Å². The Balaban J connectivity index is 2.85. The van der Waals surface area contributed by atoms with Crippen molar-refractivity contribution in [1.29, 1.82) is 0 Å². The lowest BCUT2D eigenvalue weighted by Gasteiger charge is -1.85. The molecule has 0 unspecified atom stereocenters. The van der Waals surface area contributed by atoms with E-state index >= 15 is 0 Å². The van der Waals surface area contributed by atoms with Crippen molar-refractivity contribution in [3.05, 3.63) is 29.2 Å². The van der Waals surface area contributed by atoms with Gasteiger partial charge in [0.25, 0.3) is 0 Å². The van der Waals surface area contributed by atoms with E-state index in [1.54, 1.807) is 0 Å². The zero-order chi connectivity index (χ0) is 8.27. The number of hydrogen-bond acceptors (Lipinski definition) is 1. The lowest BCUT2D eigenvalue weighted by molar-refractivity contribution is 0.504. The monoisotopic (exact) mass is 150 g/mol. The molecule has 0 radical (unpaired) electrons. The molecule has 0 aliphatic heterocycles. The highest BCUT2D eigenvalue weighted by molar-refractivity contribution is 5.51. The molecule has 0 saturated heterocycles. The van der Waals surface area contributed by atoms with Crippen LogP contribution >= 0.6 is 0 Å². The van der Waals surface area contributed by atoms with Gasteiger partial charge < -0.3 is 4.42 Å². The molecule has 1 heteroatoms. The molecule has 0 fully saturated rings. The Hall–Kier alpha value is -0.980. The zero-order valence-corrected chi connectivity index (χ0v) is 7.35. The van der Waals surface area contributed by atoms with Gasteiger partial charge in [-0.25, -0.2) is 0 Å². The molecule has 0 aliphatic carbocycles. The van der Waals surface area contributed by atoms with E-state index in [1.807, 2.05) is 13.8 Å². The van der Waals surface area contributed by atoms with Crippen LogP contribution in [0.5, 0.6) is 0 Å². The van der Waals surface area contributed by atoms with Gasteiger partial charge in [0, 0.05) is 5.56 Å². The van der Waals surface area contributed by atoms with Gasteiger partial charge >= 0.3 is 0 Å². The van der Waals surface area contributed by atoms with Crippen LogP contribution in [-0.4, -0.2) is 0 Å². The second kappa shape index (κ2) is 3.42. The number of hydrogen-bond donors (Lipinski definition) is 0. The van der Waals surface area contributed by atoms with Gasteiger partial charge in [-0.05, 0) is 26.3 Å². The van der Waals surface area contributed by atoms with Crippen molar-refractivity contribution >= 4 is 6.08 Å². The summed E-state index contributed by atoms with van der Waals surface area (Å²) in [6.07, 6.45) is 5.31. The summed E-state index contributed by atoms with van der Waals surface area (Å²) in [7, 11) is 0. The van der Waals surface area contributed by atoms with Crippen LogP contribution in [0.15, 0.2) is 16.6 Å². The number of aryl methyl sites for hydroxylation is 2. The van der Waals surface area contributed by atoms with Crippen molar-refractivity contribution < 1.29 is 4.42 Å². The fraction of sp³-hybridized carbons (Fsp3) is 0.400. The molecular weight excluding hydrogens is 136 g/mol. The third-order valence-electron chi connectivity index (χ3n) is 1.61. The Morgan fingerprint density at radius 2 is 2.18 bits per heavy atom. The molecule has 1 aromatic heterocycles. The molecule has 1 nitrogen and oxygen atoms in total. The lowest BCUT2D eigenvalue weighted by Crippen LogP contribution is -1.67. The Bertz CT molecular complexity index is 256. The molecule has 0 N–H and O–H groups in total. The molecule has 1 rings (SSSR count). The summed E-state index contributed by atoms with van der Waals surface area (Å²) >= 11 is 0. The predicted molar refractivity (Wildman–Crippen MR) is 47.5 cm³/mol. The molecule has 0 bridgehead atoms. The van der Waals surface area contributed by atoms with Gasteiger partial charge in [0.1, 0.15) is 11.5 Å². The van der Waals surface area contributed by atoms with Gasteiger partial charge in [-0.15, -0.1) is 0 Å². The van der Waals surface area contributed by atoms with Crippen molar-refractivity contribution in [3.63, 3.8) is 0 Å². The molecule has 60 valence electrons. The molecule has 0 spiro atoms. The highest BCUT2D eigenvalue weighted by Crippen LogP contribution is 2.14. The van der Waals surface area contributed by atoms with E-state index in [-0.39, 0.29) is 0 Å². The fourth-order valence-corrected chi connectivity index (χ4v) is 1.06. The Kier molecular flexibility index (Phi) is 2.53. The molecule has 11 heavy (non-hydrogen) atoms. The van der Waals surface area contributed by atoms with Crippen molar-refractivity contribution in [2.75, 3.05) is 0 Å². The van der Waals surface area contributed by atoms with E-state index in [0.29, 0.717) is 0 Å². The van der Waals surface area contributed by atoms with Crippen LogP contribution in [0.3, 0.4) is 0 Å². The fourth-order valence-electron chi connectivity index (χ4n) is 1.06. The maximum atomic E-state index is 5.36. The highest BCUT2D eigenvalue weighted by atomic mass is 16.3. The Morgan fingerprint density at radius 3 is 2.64 bits per heavy atom. The summed E-state index contributed by atoms with van der Waals surface area (Å²) < 4.78 is 5.36. The van der Waals surface area contributed by atoms with E-state index in [0.717, 1.165) is 17.9 Å². The summed E-state index contributed by atoms with van der Waals surface area (Å²) in [6, 6.07) is 2.06. The Labute approximate surface area is 67.7 Å². The van der Waals surface area contributed by atoms with E-state index in [1.165, 1.54) is 5.56 Å². The Morgan fingerprint density at radius 1 is 1.45 bits per heavy atom. The van der Waals surface area contributed by atoms with E-state index in [2.05, 4.69) is 25.1 Å². The summed E-state index contributed by atoms with van der Waals surface area (Å²) in [5.74, 6) is 1.99.